The number of hydrogen-bond acceptors (Lipinski definition) is 5. The molecule has 0 unspecified atom stereocenters. The number of anilines is 1. The second-order valence-electron chi connectivity index (χ2n) is 5.72. The van der Waals surface area contributed by atoms with Crippen LogP contribution in [0.4, 0.5) is 10.1 Å². The smallest absolute Gasteiger partial charge is 0.306 e. The fourth-order valence-corrected chi connectivity index (χ4v) is 2.15. The van der Waals surface area contributed by atoms with E-state index in [0.29, 0.717) is 16.3 Å². The molecule has 152 valence electrons. The van der Waals surface area contributed by atoms with Gasteiger partial charge in [-0.1, -0.05) is 11.6 Å². The molecule has 0 fully saturated rings. The van der Waals surface area contributed by atoms with Gasteiger partial charge in [0.05, 0.1) is 6.42 Å². The summed E-state index contributed by atoms with van der Waals surface area (Å²) in [5.41, 5.74) is 5.01. The predicted octanol–water partition coefficient (Wildman–Crippen LogP) is 2.20. The Kier molecular flexibility index (Phi) is 8.11. The minimum atomic E-state index is -0.765. The van der Waals surface area contributed by atoms with Crippen LogP contribution in [-0.2, 0) is 19.1 Å². The van der Waals surface area contributed by atoms with Crippen molar-refractivity contribution in [3.05, 3.63) is 64.9 Å². The first-order valence-corrected chi connectivity index (χ1v) is 8.77. The number of esters is 1. The minimum absolute atomic E-state index is 0.251. The summed E-state index contributed by atoms with van der Waals surface area (Å²) in [5, 5.41) is 2.89. The standard InChI is InChI=1S/C19H17ClFN3O5/c20-13-3-1-12(2-4-13)19(28)24-23-16(25)9-10-18(27)29-11-17(26)22-15-7-5-14(21)6-8-15/h1-8H,9-11H2,(H,22,26)(H,23,25)(H,24,28). The van der Waals surface area contributed by atoms with Crippen molar-refractivity contribution in [2.24, 2.45) is 0 Å². The van der Waals surface area contributed by atoms with Crippen molar-refractivity contribution in [3.8, 4) is 0 Å². The SMILES string of the molecule is O=C(CCC(=O)OCC(=O)Nc1ccc(F)cc1)NNC(=O)c1ccc(Cl)cc1. The first-order valence-electron chi connectivity index (χ1n) is 8.39. The molecular weight excluding hydrogens is 405 g/mol. The summed E-state index contributed by atoms with van der Waals surface area (Å²) in [6, 6.07) is 11.1. The lowest BCUT2D eigenvalue weighted by atomic mass is 10.2. The highest BCUT2D eigenvalue weighted by molar-refractivity contribution is 6.30. The zero-order valence-electron chi connectivity index (χ0n) is 15.0. The lowest BCUT2D eigenvalue weighted by molar-refractivity contribution is -0.148. The molecule has 3 N–H and O–H groups in total. The summed E-state index contributed by atoms with van der Waals surface area (Å²) in [4.78, 5) is 46.8. The maximum atomic E-state index is 12.8. The summed E-state index contributed by atoms with van der Waals surface area (Å²) >= 11 is 5.72. The van der Waals surface area contributed by atoms with Crippen LogP contribution in [0.5, 0.6) is 0 Å². The second-order valence-corrected chi connectivity index (χ2v) is 6.16. The van der Waals surface area contributed by atoms with E-state index in [4.69, 9.17) is 16.3 Å². The Hall–Kier alpha value is -3.46. The molecule has 0 radical (unpaired) electrons. The molecule has 2 aromatic rings. The molecule has 0 bridgehead atoms. The number of nitrogens with one attached hydrogen (secondary N) is 3. The summed E-state index contributed by atoms with van der Waals surface area (Å²) in [6.45, 7) is -0.550. The van der Waals surface area contributed by atoms with Crippen LogP contribution < -0.4 is 16.2 Å². The molecule has 0 aliphatic heterocycles. The largest absolute Gasteiger partial charge is 0.456 e. The highest BCUT2D eigenvalue weighted by atomic mass is 35.5. The van der Waals surface area contributed by atoms with Gasteiger partial charge in [0, 0.05) is 22.7 Å². The van der Waals surface area contributed by atoms with Gasteiger partial charge in [-0.3, -0.25) is 30.0 Å². The molecule has 0 heterocycles. The van der Waals surface area contributed by atoms with Crippen LogP contribution >= 0.6 is 11.6 Å². The number of carbonyl (C=O) groups is 4. The van der Waals surface area contributed by atoms with Crippen molar-refractivity contribution in [2.45, 2.75) is 12.8 Å². The minimum Gasteiger partial charge on any atom is -0.456 e. The van der Waals surface area contributed by atoms with Gasteiger partial charge in [0.25, 0.3) is 11.8 Å². The van der Waals surface area contributed by atoms with Crippen molar-refractivity contribution in [1.29, 1.82) is 0 Å². The van der Waals surface area contributed by atoms with Gasteiger partial charge in [0.15, 0.2) is 6.61 Å². The van der Waals surface area contributed by atoms with Crippen LogP contribution in [0.3, 0.4) is 0 Å². The van der Waals surface area contributed by atoms with Gasteiger partial charge in [-0.05, 0) is 48.5 Å². The van der Waals surface area contributed by atoms with E-state index in [1.807, 2.05) is 0 Å². The van der Waals surface area contributed by atoms with Gasteiger partial charge in [-0.25, -0.2) is 4.39 Å². The fourth-order valence-electron chi connectivity index (χ4n) is 2.03. The van der Waals surface area contributed by atoms with Gasteiger partial charge < -0.3 is 10.1 Å². The molecule has 2 aromatic carbocycles. The molecule has 3 amide bonds. The van der Waals surface area contributed by atoms with Crippen LogP contribution in [0.25, 0.3) is 0 Å². The average Bonchev–Trinajstić information content (AvgIpc) is 2.71. The van der Waals surface area contributed by atoms with Crippen LogP contribution in [-0.4, -0.2) is 30.3 Å². The molecule has 0 spiro atoms. The molecular formula is C19H17ClFN3O5. The van der Waals surface area contributed by atoms with Gasteiger partial charge in [0.1, 0.15) is 5.82 Å². The van der Waals surface area contributed by atoms with Crippen molar-refractivity contribution in [3.63, 3.8) is 0 Å². The van der Waals surface area contributed by atoms with Gasteiger partial charge >= 0.3 is 5.97 Å². The van der Waals surface area contributed by atoms with Crippen LogP contribution in [0, 0.1) is 5.82 Å². The number of benzene rings is 2. The average molecular weight is 422 g/mol. The first-order chi connectivity index (χ1) is 13.8. The third-order valence-electron chi connectivity index (χ3n) is 3.47. The Morgan fingerprint density at radius 2 is 1.52 bits per heavy atom. The predicted molar refractivity (Wildman–Crippen MR) is 102 cm³/mol. The van der Waals surface area contributed by atoms with Crippen LogP contribution in [0.1, 0.15) is 23.2 Å². The number of carbonyl (C=O) groups excluding carboxylic acids is 4. The summed E-state index contributed by atoms with van der Waals surface area (Å²) in [6.07, 6.45) is -0.536. The number of halogens is 2. The van der Waals surface area contributed by atoms with Gasteiger partial charge in [-0.2, -0.15) is 0 Å². The number of ether oxygens (including phenoxy) is 1. The number of hydrazine groups is 1. The summed E-state index contributed by atoms with van der Waals surface area (Å²) in [5.74, 6) is -2.98. The highest BCUT2D eigenvalue weighted by Gasteiger charge is 2.12. The Labute approximate surface area is 170 Å². The normalized spacial score (nSPS) is 10.0. The van der Waals surface area contributed by atoms with Crippen molar-refractivity contribution in [2.75, 3.05) is 11.9 Å². The fraction of sp³-hybridized carbons (Fsp3) is 0.158. The summed E-state index contributed by atoms with van der Waals surface area (Å²) < 4.78 is 17.5. The lowest BCUT2D eigenvalue weighted by Gasteiger charge is -2.08. The first kappa shape index (κ1) is 21.8. The monoisotopic (exact) mass is 421 g/mol. The van der Waals surface area contributed by atoms with Crippen LogP contribution in [0.15, 0.2) is 48.5 Å². The maximum Gasteiger partial charge on any atom is 0.306 e. The van der Waals surface area contributed by atoms with E-state index in [1.54, 1.807) is 0 Å². The van der Waals surface area contributed by atoms with Gasteiger partial charge in [-0.15, -0.1) is 0 Å². The Morgan fingerprint density at radius 1 is 0.862 bits per heavy atom. The number of hydrogen-bond donors (Lipinski definition) is 3. The molecule has 2 rings (SSSR count). The molecule has 8 nitrogen and oxygen atoms in total. The third-order valence-corrected chi connectivity index (χ3v) is 3.72. The maximum absolute atomic E-state index is 12.8. The molecule has 0 atom stereocenters. The van der Waals surface area contributed by atoms with E-state index < -0.39 is 36.1 Å². The Morgan fingerprint density at radius 3 is 2.17 bits per heavy atom. The lowest BCUT2D eigenvalue weighted by Crippen LogP contribution is -2.41. The molecule has 0 saturated heterocycles. The van der Waals surface area contributed by atoms with Crippen molar-refractivity contribution in [1.82, 2.24) is 10.9 Å². The third kappa shape index (κ3) is 7.97. The molecule has 0 aliphatic rings. The van der Waals surface area contributed by atoms with E-state index >= 15 is 0 Å². The van der Waals surface area contributed by atoms with E-state index in [-0.39, 0.29) is 12.8 Å². The molecule has 10 heteroatoms. The van der Waals surface area contributed by atoms with E-state index in [1.165, 1.54) is 48.5 Å². The highest BCUT2D eigenvalue weighted by Crippen LogP contribution is 2.09. The van der Waals surface area contributed by atoms with E-state index in [9.17, 15) is 23.6 Å². The molecule has 29 heavy (non-hydrogen) atoms. The second kappa shape index (κ2) is 10.8. The molecule has 0 aromatic heterocycles. The van der Waals surface area contributed by atoms with Crippen molar-refractivity contribution >= 4 is 41.0 Å². The van der Waals surface area contributed by atoms with E-state index in [0.717, 1.165) is 0 Å². The van der Waals surface area contributed by atoms with Crippen molar-refractivity contribution < 1.29 is 28.3 Å². The van der Waals surface area contributed by atoms with Gasteiger partial charge in [0.2, 0.25) is 5.91 Å². The number of amides is 3. The molecule has 0 aliphatic carbocycles. The Balaban J connectivity index is 1.63. The summed E-state index contributed by atoms with van der Waals surface area (Å²) in [7, 11) is 0. The number of rotatable bonds is 7. The van der Waals surface area contributed by atoms with E-state index in [2.05, 4.69) is 16.2 Å². The Bertz CT molecular complexity index is 888. The quantitative estimate of drug-likeness (QED) is 0.468. The molecule has 0 saturated carbocycles. The topological polar surface area (TPSA) is 114 Å². The zero-order chi connectivity index (χ0) is 21.2. The van der Waals surface area contributed by atoms with Crippen LogP contribution in [0.2, 0.25) is 5.02 Å². The zero-order valence-corrected chi connectivity index (χ0v) is 15.8.